The first-order chi connectivity index (χ1) is 6.52. The average molecular weight is 193 g/mol. The first-order valence-corrected chi connectivity index (χ1v) is 4.25. The summed E-state index contributed by atoms with van der Waals surface area (Å²) < 4.78 is 13.4. The van der Waals surface area contributed by atoms with E-state index in [1.807, 2.05) is 0 Å². The molecule has 0 saturated heterocycles. The van der Waals surface area contributed by atoms with E-state index in [4.69, 9.17) is 5.73 Å². The summed E-state index contributed by atoms with van der Waals surface area (Å²) in [5, 5.41) is 0. The Morgan fingerprint density at radius 1 is 1.43 bits per heavy atom. The van der Waals surface area contributed by atoms with Crippen molar-refractivity contribution in [2.75, 3.05) is 0 Å². The van der Waals surface area contributed by atoms with Crippen LogP contribution in [0.3, 0.4) is 0 Å². The molecule has 0 unspecified atom stereocenters. The van der Waals surface area contributed by atoms with E-state index in [0.29, 0.717) is 16.7 Å². The standard InChI is InChI=1S/C11H12FNO/c1-7-3-4-9(5-6-10(13)14)8(2)11(7)12/h3-6H,1-2H3,(H2,13,14)/b6-5+. The van der Waals surface area contributed by atoms with Gasteiger partial charge >= 0.3 is 0 Å². The van der Waals surface area contributed by atoms with Crippen molar-refractivity contribution in [3.8, 4) is 0 Å². The first-order valence-electron chi connectivity index (χ1n) is 4.25. The average Bonchev–Trinajstić information content (AvgIpc) is 2.13. The molecule has 0 atom stereocenters. The molecular formula is C11H12FNO. The Morgan fingerprint density at radius 2 is 2.07 bits per heavy atom. The van der Waals surface area contributed by atoms with Crippen LogP contribution in [0.15, 0.2) is 18.2 Å². The lowest BCUT2D eigenvalue weighted by molar-refractivity contribution is -0.113. The largest absolute Gasteiger partial charge is 0.366 e. The number of rotatable bonds is 2. The number of hydrogen-bond acceptors (Lipinski definition) is 1. The number of halogens is 1. The number of primary amides is 1. The number of hydrogen-bond donors (Lipinski definition) is 1. The Balaban J connectivity index is 3.12. The maximum absolute atomic E-state index is 13.4. The predicted octanol–water partition coefficient (Wildman–Crippen LogP) is 1.94. The van der Waals surface area contributed by atoms with Gasteiger partial charge in [-0.15, -0.1) is 0 Å². The van der Waals surface area contributed by atoms with Crippen LogP contribution in [0.4, 0.5) is 4.39 Å². The maximum Gasteiger partial charge on any atom is 0.241 e. The molecule has 2 nitrogen and oxygen atoms in total. The van der Waals surface area contributed by atoms with Gasteiger partial charge in [0.25, 0.3) is 0 Å². The summed E-state index contributed by atoms with van der Waals surface area (Å²) in [5.74, 6) is -0.776. The lowest BCUT2D eigenvalue weighted by Crippen LogP contribution is -2.05. The Labute approximate surface area is 82.2 Å². The summed E-state index contributed by atoms with van der Waals surface area (Å²) in [7, 11) is 0. The molecule has 0 radical (unpaired) electrons. The molecule has 0 bridgehead atoms. The molecule has 3 heteroatoms. The summed E-state index contributed by atoms with van der Waals surface area (Å²) in [6.45, 7) is 3.37. The summed E-state index contributed by atoms with van der Waals surface area (Å²) in [4.78, 5) is 10.5. The Kier molecular flexibility index (Phi) is 3.02. The quantitative estimate of drug-likeness (QED) is 0.716. The van der Waals surface area contributed by atoms with Gasteiger partial charge in [-0.2, -0.15) is 0 Å². The zero-order valence-corrected chi connectivity index (χ0v) is 8.17. The van der Waals surface area contributed by atoms with E-state index in [-0.39, 0.29) is 5.82 Å². The Hall–Kier alpha value is -1.64. The van der Waals surface area contributed by atoms with Crippen LogP contribution in [0.5, 0.6) is 0 Å². The van der Waals surface area contributed by atoms with Crippen LogP contribution in [0.2, 0.25) is 0 Å². The monoisotopic (exact) mass is 193 g/mol. The third kappa shape index (κ3) is 2.19. The van der Waals surface area contributed by atoms with Gasteiger partial charge in [-0.1, -0.05) is 12.1 Å². The van der Waals surface area contributed by atoms with Gasteiger partial charge in [0.05, 0.1) is 0 Å². The van der Waals surface area contributed by atoms with Crippen molar-refractivity contribution in [3.63, 3.8) is 0 Å². The van der Waals surface area contributed by atoms with Crippen molar-refractivity contribution < 1.29 is 9.18 Å². The second-order valence-electron chi connectivity index (χ2n) is 3.15. The molecule has 74 valence electrons. The van der Waals surface area contributed by atoms with Crippen molar-refractivity contribution >= 4 is 12.0 Å². The van der Waals surface area contributed by atoms with E-state index in [9.17, 15) is 9.18 Å². The van der Waals surface area contributed by atoms with Gasteiger partial charge in [-0.25, -0.2) is 4.39 Å². The van der Waals surface area contributed by atoms with E-state index in [2.05, 4.69) is 0 Å². The molecule has 0 aromatic heterocycles. The van der Waals surface area contributed by atoms with E-state index in [1.54, 1.807) is 26.0 Å². The van der Waals surface area contributed by atoms with E-state index >= 15 is 0 Å². The third-order valence-electron chi connectivity index (χ3n) is 2.05. The number of amides is 1. The normalized spacial score (nSPS) is 10.8. The SMILES string of the molecule is Cc1ccc(/C=C/C(N)=O)c(C)c1F. The molecule has 14 heavy (non-hydrogen) atoms. The minimum absolute atomic E-state index is 0.239. The number of nitrogens with two attached hydrogens (primary N) is 1. The molecule has 1 rings (SSSR count). The highest BCUT2D eigenvalue weighted by Gasteiger charge is 2.04. The fourth-order valence-corrected chi connectivity index (χ4v) is 1.19. The molecule has 0 fully saturated rings. The van der Waals surface area contributed by atoms with E-state index in [1.165, 1.54) is 12.2 Å². The highest BCUT2D eigenvalue weighted by Crippen LogP contribution is 2.17. The van der Waals surface area contributed by atoms with E-state index in [0.717, 1.165) is 0 Å². The highest BCUT2D eigenvalue weighted by molar-refractivity contribution is 5.90. The van der Waals surface area contributed by atoms with Crippen molar-refractivity contribution in [2.45, 2.75) is 13.8 Å². The van der Waals surface area contributed by atoms with Crippen LogP contribution >= 0.6 is 0 Å². The van der Waals surface area contributed by atoms with Crippen LogP contribution in [-0.2, 0) is 4.79 Å². The number of aryl methyl sites for hydroxylation is 1. The third-order valence-corrected chi connectivity index (χ3v) is 2.05. The molecular weight excluding hydrogens is 181 g/mol. The maximum atomic E-state index is 13.4. The van der Waals surface area contributed by atoms with Gasteiger partial charge in [-0.3, -0.25) is 4.79 Å². The van der Waals surface area contributed by atoms with Crippen molar-refractivity contribution in [1.29, 1.82) is 0 Å². The summed E-state index contributed by atoms with van der Waals surface area (Å²) in [6.07, 6.45) is 2.73. The number of carbonyl (C=O) groups excluding carboxylic acids is 1. The predicted molar refractivity (Wildman–Crippen MR) is 54.1 cm³/mol. The van der Waals surface area contributed by atoms with Crippen molar-refractivity contribution in [2.24, 2.45) is 5.73 Å². The number of benzene rings is 1. The molecule has 0 heterocycles. The van der Waals surface area contributed by atoms with Gasteiger partial charge in [0.2, 0.25) is 5.91 Å². The molecule has 0 aliphatic carbocycles. The summed E-state index contributed by atoms with van der Waals surface area (Å²) in [5.41, 5.74) is 6.74. The lowest BCUT2D eigenvalue weighted by atomic mass is 10.0. The molecule has 2 N–H and O–H groups in total. The van der Waals surface area contributed by atoms with Gasteiger partial charge < -0.3 is 5.73 Å². The van der Waals surface area contributed by atoms with Gasteiger partial charge in [0.1, 0.15) is 5.82 Å². The minimum atomic E-state index is -0.537. The van der Waals surface area contributed by atoms with Crippen LogP contribution in [-0.4, -0.2) is 5.91 Å². The summed E-state index contributed by atoms with van der Waals surface area (Å²) in [6, 6.07) is 3.43. The molecule has 1 aromatic rings. The Morgan fingerprint density at radius 3 is 2.64 bits per heavy atom. The van der Waals surface area contributed by atoms with E-state index < -0.39 is 5.91 Å². The topological polar surface area (TPSA) is 43.1 Å². The van der Waals surface area contributed by atoms with Crippen molar-refractivity contribution in [3.05, 3.63) is 40.7 Å². The summed E-state index contributed by atoms with van der Waals surface area (Å²) >= 11 is 0. The molecule has 1 aromatic carbocycles. The molecule has 0 aliphatic rings. The smallest absolute Gasteiger partial charge is 0.241 e. The van der Waals surface area contributed by atoms with Crippen LogP contribution in [0, 0.1) is 19.7 Å². The molecule has 0 saturated carbocycles. The van der Waals surface area contributed by atoms with Crippen LogP contribution in [0.1, 0.15) is 16.7 Å². The minimum Gasteiger partial charge on any atom is -0.366 e. The van der Waals surface area contributed by atoms with Gasteiger partial charge in [-0.05, 0) is 36.6 Å². The molecule has 0 aliphatic heterocycles. The molecule has 1 amide bonds. The number of carbonyl (C=O) groups is 1. The fourth-order valence-electron chi connectivity index (χ4n) is 1.19. The molecule has 0 spiro atoms. The second kappa shape index (κ2) is 4.05. The highest BCUT2D eigenvalue weighted by atomic mass is 19.1. The zero-order chi connectivity index (χ0) is 10.7. The zero-order valence-electron chi connectivity index (χ0n) is 8.17. The van der Waals surface area contributed by atoms with Gasteiger partial charge in [0, 0.05) is 6.08 Å². The fraction of sp³-hybridized carbons (Fsp3) is 0.182. The van der Waals surface area contributed by atoms with Crippen LogP contribution < -0.4 is 5.73 Å². The van der Waals surface area contributed by atoms with Crippen LogP contribution in [0.25, 0.3) is 6.08 Å². The van der Waals surface area contributed by atoms with Gasteiger partial charge in [0.15, 0.2) is 0 Å². The lowest BCUT2D eigenvalue weighted by Gasteiger charge is -2.04. The van der Waals surface area contributed by atoms with Crippen molar-refractivity contribution in [1.82, 2.24) is 0 Å². The first kappa shape index (κ1) is 10.4. The second-order valence-corrected chi connectivity index (χ2v) is 3.15. The Bertz CT molecular complexity index is 397.